The number of carbonyl (C=O) groups is 2. The van der Waals surface area contributed by atoms with E-state index in [1.54, 1.807) is 48.5 Å². The van der Waals surface area contributed by atoms with Gasteiger partial charge in [-0.3, -0.25) is 4.79 Å². The fourth-order valence-corrected chi connectivity index (χ4v) is 4.63. The molecule has 4 rings (SSSR count). The predicted molar refractivity (Wildman–Crippen MR) is 169 cm³/mol. The molecule has 0 spiro atoms. The number of alkyl halides is 3. The van der Waals surface area contributed by atoms with Gasteiger partial charge in [0.2, 0.25) is 0 Å². The lowest BCUT2D eigenvalue weighted by molar-refractivity contribution is -0.135. The predicted octanol–water partition coefficient (Wildman–Crippen LogP) is 8.06. The van der Waals surface area contributed by atoms with Gasteiger partial charge in [-0.2, -0.15) is 13.2 Å². The molecule has 7 nitrogen and oxygen atoms in total. The Kier molecular flexibility index (Phi) is 10.5. The summed E-state index contributed by atoms with van der Waals surface area (Å²) in [5, 5.41) is 0. The highest BCUT2D eigenvalue weighted by molar-refractivity contribution is 6.12. The topological polar surface area (TPSA) is 114 Å². The Hall–Kier alpha value is -5.25. The Labute approximate surface area is 259 Å². The molecule has 0 bridgehead atoms. The first kappa shape index (κ1) is 32.7. The average molecular weight is 619 g/mol. The van der Waals surface area contributed by atoms with Gasteiger partial charge < -0.3 is 25.7 Å². The molecule has 0 saturated carbocycles. The van der Waals surface area contributed by atoms with Gasteiger partial charge in [0.25, 0.3) is 0 Å². The van der Waals surface area contributed by atoms with Crippen LogP contribution in [0, 0.1) is 6.92 Å². The fourth-order valence-electron chi connectivity index (χ4n) is 4.63. The maximum absolute atomic E-state index is 13.2. The van der Waals surface area contributed by atoms with Gasteiger partial charge in [0.05, 0.1) is 19.3 Å². The van der Waals surface area contributed by atoms with Crippen LogP contribution in [0.3, 0.4) is 0 Å². The smallest absolute Gasteiger partial charge is 0.389 e. The van der Waals surface area contributed by atoms with Crippen LogP contribution in [0.2, 0.25) is 0 Å². The quantitative estimate of drug-likeness (QED) is 0.0412. The van der Waals surface area contributed by atoms with E-state index in [4.69, 9.17) is 25.7 Å². The fraction of sp³-hybridized carbons (Fsp3) is 0.200. The highest BCUT2D eigenvalue weighted by atomic mass is 19.4. The minimum atomic E-state index is -4.20. The second-order valence-corrected chi connectivity index (χ2v) is 10.3. The lowest BCUT2D eigenvalue weighted by Gasteiger charge is -2.13. The summed E-state index contributed by atoms with van der Waals surface area (Å²) in [5.41, 5.74) is 16.9. The van der Waals surface area contributed by atoms with E-state index >= 15 is 0 Å². The van der Waals surface area contributed by atoms with E-state index in [2.05, 4.69) is 0 Å². The maximum atomic E-state index is 13.2. The monoisotopic (exact) mass is 618 g/mol. The number of nitrogens with two attached hydrogens (primary N) is 2. The van der Waals surface area contributed by atoms with Crippen LogP contribution in [0.5, 0.6) is 17.2 Å². The molecule has 0 aromatic heterocycles. The van der Waals surface area contributed by atoms with Gasteiger partial charge in [0.1, 0.15) is 5.75 Å². The van der Waals surface area contributed by atoms with Crippen LogP contribution >= 0.6 is 0 Å². The van der Waals surface area contributed by atoms with E-state index in [-0.39, 0.29) is 42.3 Å². The lowest BCUT2D eigenvalue weighted by Crippen LogP contribution is -2.10. The first-order chi connectivity index (χ1) is 21.4. The normalized spacial score (nSPS) is 11.4. The van der Waals surface area contributed by atoms with Crippen LogP contribution in [0.1, 0.15) is 51.1 Å². The summed E-state index contributed by atoms with van der Waals surface area (Å²) in [6, 6.07) is 22.0. The summed E-state index contributed by atoms with van der Waals surface area (Å²) in [7, 11) is 1.39. The average Bonchev–Trinajstić information content (AvgIpc) is 3.00. The van der Waals surface area contributed by atoms with Crippen molar-refractivity contribution in [2.24, 2.45) is 0 Å². The van der Waals surface area contributed by atoms with Crippen molar-refractivity contribution in [1.82, 2.24) is 0 Å². The first-order valence-corrected chi connectivity index (χ1v) is 14.1. The Morgan fingerprint density at radius 2 is 1.58 bits per heavy atom. The number of benzene rings is 4. The number of nitrogen functional groups attached to an aromatic ring is 2. The number of hydrogen-bond donors (Lipinski definition) is 2. The third kappa shape index (κ3) is 8.88. The third-order valence-corrected chi connectivity index (χ3v) is 6.99. The number of halogens is 3. The zero-order valence-electron chi connectivity index (χ0n) is 24.8. The summed E-state index contributed by atoms with van der Waals surface area (Å²) in [6.07, 6.45) is -1.81. The zero-order valence-corrected chi connectivity index (χ0v) is 24.8. The number of rotatable bonds is 12. The van der Waals surface area contributed by atoms with Crippen LogP contribution in [0.15, 0.2) is 84.9 Å². The van der Waals surface area contributed by atoms with Crippen molar-refractivity contribution < 1.29 is 37.0 Å². The van der Waals surface area contributed by atoms with E-state index in [9.17, 15) is 22.8 Å². The highest BCUT2D eigenvalue weighted by Crippen LogP contribution is 2.31. The Balaban J connectivity index is 1.37. The van der Waals surface area contributed by atoms with Crippen LogP contribution in [0.25, 0.3) is 17.2 Å². The van der Waals surface area contributed by atoms with Crippen molar-refractivity contribution in [3.05, 3.63) is 107 Å². The Morgan fingerprint density at radius 3 is 2.24 bits per heavy atom. The number of ether oxygens (including phenoxy) is 3. The van der Waals surface area contributed by atoms with Crippen molar-refractivity contribution in [2.75, 3.05) is 25.2 Å². The molecule has 0 amide bonds. The Morgan fingerprint density at radius 1 is 0.867 bits per heavy atom. The largest absolute Gasteiger partial charge is 0.493 e. The van der Waals surface area contributed by atoms with Gasteiger partial charge >= 0.3 is 12.1 Å². The van der Waals surface area contributed by atoms with E-state index in [1.807, 2.05) is 25.1 Å². The first-order valence-electron chi connectivity index (χ1n) is 14.1. The number of ketones is 1. The van der Waals surface area contributed by atoms with Crippen LogP contribution in [-0.4, -0.2) is 31.6 Å². The molecule has 0 fully saturated rings. The molecule has 0 heterocycles. The van der Waals surface area contributed by atoms with E-state index in [0.29, 0.717) is 28.3 Å². The molecule has 0 unspecified atom stereocenters. The van der Waals surface area contributed by atoms with Crippen LogP contribution in [0.4, 0.5) is 24.5 Å². The molecule has 4 N–H and O–H groups in total. The van der Waals surface area contributed by atoms with Crippen molar-refractivity contribution in [1.29, 1.82) is 0 Å². The van der Waals surface area contributed by atoms with Crippen molar-refractivity contribution in [2.45, 2.75) is 32.4 Å². The number of esters is 1. The zero-order chi connectivity index (χ0) is 32.6. The summed E-state index contributed by atoms with van der Waals surface area (Å²) in [5.74, 6) is -0.0550. The van der Waals surface area contributed by atoms with E-state index in [0.717, 1.165) is 16.7 Å². The van der Waals surface area contributed by atoms with Crippen molar-refractivity contribution >= 4 is 29.2 Å². The Bertz CT molecular complexity index is 1680. The number of hydrogen-bond acceptors (Lipinski definition) is 7. The van der Waals surface area contributed by atoms with Crippen LogP contribution < -0.4 is 25.7 Å². The van der Waals surface area contributed by atoms with Gasteiger partial charge in [0.15, 0.2) is 17.3 Å². The molecule has 0 saturated heterocycles. The molecule has 10 heteroatoms. The maximum Gasteiger partial charge on any atom is 0.389 e. The molecule has 4 aromatic carbocycles. The molecular weight excluding hydrogens is 585 g/mol. The second kappa shape index (κ2) is 14.5. The summed E-state index contributed by atoms with van der Waals surface area (Å²) < 4.78 is 53.2. The summed E-state index contributed by atoms with van der Waals surface area (Å²) in [6.45, 7) is 1.93. The minimum Gasteiger partial charge on any atom is -0.493 e. The molecule has 0 aliphatic carbocycles. The number of anilines is 2. The second-order valence-electron chi connectivity index (χ2n) is 10.3. The number of methoxy groups -OCH3 is 1. The molecular formula is C35H33F3N2O5. The number of unbranched alkanes of at least 4 members (excludes halogenated alkanes) is 1. The van der Waals surface area contributed by atoms with Gasteiger partial charge in [-0.15, -0.1) is 0 Å². The minimum absolute atomic E-state index is 0.0470. The third-order valence-electron chi connectivity index (χ3n) is 6.99. The summed E-state index contributed by atoms with van der Waals surface area (Å²) >= 11 is 0. The molecule has 45 heavy (non-hydrogen) atoms. The van der Waals surface area contributed by atoms with Crippen LogP contribution in [-0.2, 0) is 0 Å². The molecule has 0 atom stereocenters. The number of carbonyl (C=O) groups excluding carboxylic acids is 2. The number of allylic oxidation sites excluding steroid dienone is 1. The van der Waals surface area contributed by atoms with Gasteiger partial charge in [-0.1, -0.05) is 36.4 Å². The van der Waals surface area contributed by atoms with Gasteiger partial charge in [-0.05, 0) is 96.6 Å². The van der Waals surface area contributed by atoms with Crippen molar-refractivity contribution in [3.63, 3.8) is 0 Å². The highest BCUT2D eigenvalue weighted by Gasteiger charge is 2.26. The molecule has 0 radical (unpaired) electrons. The molecule has 4 aromatic rings. The molecule has 234 valence electrons. The molecule has 0 aliphatic heterocycles. The van der Waals surface area contributed by atoms with Gasteiger partial charge in [-0.25, -0.2) is 4.79 Å². The standard InChI is InChI=1S/C35H33F3N2O5/c1-22-28(24-8-11-26(39)12-9-24)15-16-29(40)33(22)30(41)17-7-23-5-13-27(14-6-23)45-34(42)25-10-18-31(32(21-25)43-2)44-20-4-3-19-35(36,37)38/h5-18,21H,3-4,19-20,39-40H2,1-2H3/b17-7+. The molecule has 0 aliphatic rings. The summed E-state index contributed by atoms with van der Waals surface area (Å²) in [4.78, 5) is 25.9. The van der Waals surface area contributed by atoms with E-state index in [1.165, 1.54) is 31.4 Å². The SMILES string of the molecule is COc1cc(C(=O)Oc2ccc(/C=C/C(=O)c3c(N)ccc(-c4ccc(N)cc4)c3C)cc2)ccc1OCCCCC(F)(F)F. The van der Waals surface area contributed by atoms with Crippen molar-refractivity contribution in [3.8, 4) is 28.4 Å². The lowest BCUT2D eigenvalue weighted by atomic mass is 9.93. The van der Waals surface area contributed by atoms with Gasteiger partial charge in [0, 0.05) is 23.4 Å². The van der Waals surface area contributed by atoms with E-state index < -0.39 is 18.6 Å².